The molecule has 0 unspecified atom stereocenters. The number of rotatable bonds is 2. The Morgan fingerprint density at radius 1 is 1.10 bits per heavy atom. The average molecular weight is 307 g/mol. The van der Waals surface area contributed by atoms with E-state index in [2.05, 4.69) is 0 Å². The monoisotopic (exact) mass is 306 g/mol. The highest BCUT2D eigenvalue weighted by Crippen LogP contribution is 2.33. The van der Waals surface area contributed by atoms with Crippen LogP contribution in [-0.2, 0) is 0 Å². The summed E-state index contributed by atoms with van der Waals surface area (Å²) in [5.74, 6) is -0.513. The molecule has 0 fully saturated rings. The van der Waals surface area contributed by atoms with Crippen molar-refractivity contribution in [1.29, 1.82) is 0 Å². The van der Waals surface area contributed by atoms with Crippen molar-refractivity contribution in [2.75, 3.05) is 0 Å². The summed E-state index contributed by atoms with van der Waals surface area (Å²) in [7, 11) is 0. The van der Waals surface area contributed by atoms with E-state index in [1.54, 1.807) is 18.2 Å². The maximum atomic E-state index is 11.1. The third kappa shape index (κ3) is 2.26. The quantitative estimate of drug-likeness (QED) is 0.716. The van der Waals surface area contributed by atoms with Crippen LogP contribution >= 0.6 is 23.2 Å². The molecule has 5 heteroatoms. The summed E-state index contributed by atoms with van der Waals surface area (Å²) in [4.78, 5) is 11.1. The van der Waals surface area contributed by atoms with Crippen molar-refractivity contribution in [2.45, 2.75) is 0 Å². The van der Waals surface area contributed by atoms with Gasteiger partial charge in [0.1, 0.15) is 5.76 Å². The van der Waals surface area contributed by atoms with E-state index in [1.165, 1.54) is 12.1 Å². The molecule has 3 aromatic rings. The number of furan rings is 1. The minimum absolute atomic E-state index is 0.110. The average Bonchev–Trinajstić information content (AvgIpc) is 2.83. The van der Waals surface area contributed by atoms with E-state index in [-0.39, 0.29) is 5.56 Å². The summed E-state index contributed by atoms with van der Waals surface area (Å²) in [5.41, 5.74) is 1.28. The first-order valence-corrected chi connectivity index (χ1v) is 6.52. The molecule has 0 aliphatic carbocycles. The van der Waals surface area contributed by atoms with Crippen LogP contribution in [0.3, 0.4) is 0 Å². The van der Waals surface area contributed by atoms with Crippen molar-refractivity contribution in [2.24, 2.45) is 0 Å². The molecule has 0 atom stereocenters. The van der Waals surface area contributed by atoms with Crippen LogP contribution in [0.15, 0.2) is 46.9 Å². The summed E-state index contributed by atoms with van der Waals surface area (Å²) in [5, 5.41) is 10.8. The summed E-state index contributed by atoms with van der Waals surface area (Å²) in [6.07, 6.45) is 0. The third-order valence-electron chi connectivity index (χ3n) is 2.93. The molecule has 1 N–H and O–H groups in total. The molecule has 0 amide bonds. The lowest BCUT2D eigenvalue weighted by molar-refractivity contribution is 0.0697. The van der Waals surface area contributed by atoms with Crippen LogP contribution in [0.1, 0.15) is 10.4 Å². The SMILES string of the molecule is O=C(O)c1cc(Cl)cc(-c2cc3cccc(Cl)c3o2)c1. The molecule has 1 aromatic heterocycles. The number of carbonyl (C=O) groups is 1. The van der Waals surface area contributed by atoms with Crippen molar-refractivity contribution >= 4 is 40.1 Å². The zero-order valence-electron chi connectivity index (χ0n) is 10.1. The van der Waals surface area contributed by atoms with Gasteiger partial charge in [-0.05, 0) is 30.3 Å². The van der Waals surface area contributed by atoms with E-state index in [0.29, 0.717) is 27.0 Å². The fraction of sp³-hybridized carbons (Fsp3) is 0. The van der Waals surface area contributed by atoms with Crippen LogP contribution in [0, 0.1) is 0 Å². The smallest absolute Gasteiger partial charge is 0.335 e. The van der Waals surface area contributed by atoms with Gasteiger partial charge < -0.3 is 9.52 Å². The second kappa shape index (κ2) is 4.85. The Morgan fingerprint density at radius 3 is 2.60 bits per heavy atom. The molecule has 3 rings (SSSR count). The van der Waals surface area contributed by atoms with Gasteiger partial charge in [-0.1, -0.05) is 35.3 Å². The summed E-state index contributed by atoms with van der Waals surface area (Å²) in [6, 6.07) is 11.8. The van der Waals surface area contributed by atoms with E-state index in [9.17, 15) is 4.79 Å². The molecule has 0 aliphatic rings. The highest BCUT2D eigenvalue weighted by molar-refractivity contribution is 6.35. The van der Waals surface area contributed by atoms with E-state index in [0.717, 1.165) is 5.39 Å². The molecule has 0 saturated carbocycles. The molecular weight excluding hydrogens is 299 g/mol. The van der Waals surface area contributed by atoms with Crippen LogP contribution in [0.5, 0.6) is 0 Å². The number of para-hydroxylation sites is 1. The highest BCUT2D eigenvalue weighted by Gasteiger charge is 2.12. The van der Waals surface area contributed by atoms with Gasteiger partial charge in [-0.2, -0.15) is 0 Å². The number of carboxylic acids is 1. The Labute approximate surface area is 124 Å². The standard InChI is InChI=1S/C15H8Cl2O3/c16-11-5-9(4-10(6-11)15(18)19)13-7-8-2-1-3-12(17)14(8)20-13/h1-7H,(H,18,19). The molecule has 0 bridgehead atoms. The molecule has 0 aliphatic heterocycles. The molecule has 0 radical (unpaired) electrons. The zero-order valence-corrected chi connectivity index (χ0v) is 11.6. The van der Waals surface area contributed by atoms with Gasteiger partial charge in [-0.25, -0.2) is 4.79 Å². The molecule has 0 saturated heterocycles. The summed E-state index contributed by atoms with van der Waals surface area (Å²) < 4.78 is 5.69. The molecular formula is C15H8Cl2O3. The van der Waals surface area contributed by atoms with Gasteiger partial charge in [0.2, 0.25) is 0 Å². The van der Waals surface area contributed by atoms with E-state index < -0.39 is 5.97 Å². The van der Waals surface area contributed by atoms with Gasteiger partial charge in [0.25, 0.3) is 0 Å². The van der Waals surface area contributed by atoms with E-state index in [1.807, 2.05) is 12.1 Å². The molecule has 1 heterocycles. The number of halogens is 2. The topological polar surface area (TPSA) is 50.4 Å². The fourth-order valence-electron chi connectivity index (χ4n) is 2.03. The lowest BCUT2D eigenvalue weighted by Gasteiger charge is -2.01. The van der Waals surface area contributed by atoms with Crippen molar-refractivity contribution in [1.82, 2.24) is 0 Å². The predicted octanol–water partition coefficient (Wildman–Crippen LogP) is 5.10. The number of fused-ring (bicyclic) bond motifs is 1. The minimum atomic E-state index is -1.04. The van der Waals surface area contributed by atoms with Crippen molar-refractivity contribution in [3.63, 3.8) is 0 Å². The second-order valence-corrected chi connectivity index (χ2v) is 5.15. The van der Waals surface area contributed by atoms with E-state index in [4.69, 9.17) is 32.7 Å². The third-order valence-corrected chi connectivity index (χ3v) is 3.44. The first-order valence-electron chi connectivity index (χ1n) is 5.77. The first-order chi connectivity index (χ1) is 9.54. The van der Waals surface area contributed by atoms with Gasteiger partial charge in [0.15, 0.2) is 5.58 Å². The van der Waals surface area contributed by atoms with Gasteiger partial charge in [0.05, 0.1) is 10.6 Å². The maximum Gasteiger partial charge on any atom is 0.335 e. The molecule has 100 valence electrons. The number of aromatic carboxylic acids is 1. The predicted molar refractivity (Wildman–Crippen MR) is 78.6 cm³/mol. The minimum Gasteiger partial charge on any atom is -0.478 e. The normalized spacial score (nSPS) is 10.9. The number of carboxylic acid groups (broad SMARTS) is 1. The van der Waals surface area contributed by atoms with Crippen LogP contribution in [0.4, 0.5) is 0 Å². The number of hydrogen-bond acceptors (Lipinski definition) is 2. The van der Waals surface area contributed by atoms with Gasteiger partial charge in [-0.3, -0.25) is 0 Å². The fourth-order valence-corrected chi connectivity index (χ4v) is 2.48. The van der Waals surface area contributed by atoms with Crippen LogP contribution < -0.4 is 0 Å². The van der Waals surface area contributed by atoms with Gasteiger partial charge >= 0.3 is 5.97 Å². The highest BCUT2D eigenvalue weighted by atomic mass is 35.5. The second-order valence-electron chi connectivity index (χ2n) is 4.30. The molecule has 0 spiro atoms. The maximum absolute atomic E-state index is 11.1. The van der Waals surface area contributed by atoms with Crippen LogP contribution in [0.25, 0.3) is 22.3 Å². The molecule has 2 aromatic carbocycles. The van der Waals surface area contributed by atoms with E-state index >= 15 is 0 Å². The Bertz CT molecular complexity index is 821. The van der Waals surface area contributed by atoms with Gasteiger partial charge in [0, 0.05) is 16.0 Å². The summed E-state index contributed by atoms with van der Waals surface area (Å²) in [6.45, 7) is 0. The van der Waals surface area contributed by atoms with Crippen LogP contribution in [-0.4, -0.2) is 11.1 Å². The zero-order chi connectivity index (χ0) is 14.3. The Kier molecular flexibility index (Phi) is 3.16. The Hall–Kier alpha value is -1.97. The Morgan fingerprint density at radius 2 is 1.90 bits per heavy atom. The van der Waals surface area contributed by atoms with Crippen molar-refractivity contribution < 1.29 is 14.3 Å². The summed E-state index contributed by atoms with van der Waals surface area (Å²) >= 11 is 12.0. The van der Waals surface area contributed by atoms with Crippen molar-refractivity contribution in [3.05, 3.63) is 58.1 Å². The van der Waals surface area contributed by atoms with Crippen LogP contribution in [0.2, 0.25) is 10.0 Å². The molecule has 20 heavy (non-hydrogen) atoms. The number of hydrogen-bond donors (Lipinski definition) is 1. The molecule has 3 nitrogen and oxygen atoms in total. The lowest BCUT2D eigenvalue weighted by Crippen LogP contribution is -1.96. The lowest BCUT2D eigenvalue weighted by atomic mass is 10.1. The first kappa shape index (κ1) is 13.0. The number of benzene rings is 2. The van der Waals surface area contributed by atoms with Gasteiger partial charge in [-0.15, -0.1) is 0 Å². The van der Waals surface area contributed by atoms with Crippen molar-refractivity contribution in [3.8, 4) is 11.3 Å². The Balaban J connectivity index is 2.20. The largest absolute Gasteiger partial charge is 0.478 e.